The van der Waals surface area contributed by atoms with Crippen LogP contribution in [-0.2, 0) is 29.0 Å². The molecule has 36 heavy (non-hydrogen) atoms. The van der Waals surface area contributed by atoms with Crippen LogP contribution in [0.25, 0.3) is 11.1 Å². The van der Waals surface area contributed by atoms with E-state index in [0.717, 1.165) is 39.8 Å². The van der Waals surface area contributed by atoms with Crippen molar-refractivity contribution in [3.63, 3.8) is 0 Å². The third-order valence-corrected chi connectivity index (χ3v) is 5.95. The zero-order chi connectivity index (χ0) is 25.9. The minimum atomic E-state index is -0.246. The molecule has 0 heterocycles. The highest BCUT2D eigenvalue weighted by Crippen LogP contribution is 2.34. The Labute approximate surface area is 214 Å². The quantitative estimate of drug-likeness (QED) is 0.341. The lowest BCUT2D eigenvalue weighted by Gasteiger charge is -2.24. The molecule has 3 aromatic carbocycles. The molecule has 0 aliphatic rings. The number of ether oxygens (including phenoxy) is 2. The fourth-order valence-corrected chi connectivity index (χ4v) is 4.04. The minimum Gasteiger partial charge on any atom is -0.496 e. The molecule has 0 fully saturated rings. The van der Waals surface area contributed by atoms with Crippen LogP contribution in [0.1, 0.15) is 42.5 Å². The maximum atomic E-state index is 13.0. The van der Waals surface area contributed by atoms with Crippen LogP contribution in [0.2, 0.25) is 0 Å². The number of rotatable bonds is 11. The first-order valence-corrected chi connectivity index (χ1v) is 12.4. The molecule has 0 aliphatic carbocycles. The molecule has 6 nitrogen and oxygen atoms in total. The molecule has 0 unspecified atom stereocenters. The van der Waals surface area contributed by atoms with E-state index < -0.39 is 0 Å². The van der Waals surface area contributed by atoms with E-state index in [4.69, 9.17) is 9.47 Å². The fraction of sp³-hybridized carbons (Fsp3) is 0.333. The number of benzene rings is 3. The molecule has 6 heteroatoms. The number of urea groups is 1. The number of nitrogens with zero attached hydrogens (tertiary/aromatic N) is 1. The third kappa shape index (κ3) is 7.35. The predicted octanol–water partition coefficient (Wildman–Crippen LogP) is 5.90. The maximum Gasteiger partial charge on any atom is 0.317 e. The molecule has 0 saturated heterocycles. The average Bonchev–Trinajstić information content (AvgIpc) is 2.89. The van der Waals surface area contributed by atoms with Gasteiger partial charge < -0.3 is 19.7 Å². The normalized spacial score (nSPS) is 10.6. The zero-order valence-electron chi connectivity index (χ0n) is 21.7. The Kier molecular flexibility index (Phi) is 9.92. The molecule has 0 radical (unpaired) electrons. The molecule has 190 valence electrons. The van der Waals surface area contributed by atoms with Crippen LogP contribution in [-0.4, -0.2) is 37.2 Å². The Bertz CT molecular complexity index is 1160. The Balaban J connectivity index is 1.86. The van der Waals surface area contributed by atoms with Gasteiger partial charge in [0.1, 0.15) is 5.75 Å². The average molecular weight is 489 g/mol. The molecule has 0 spiro atoms. The second kappa shape index (κ2) is 13.3. The first-order chi connectivity index (χ1) is 17.4. The van der Waals surface area contributed by atoms with E-state index in [0.29, 0.717) is 32.0 Å². The summed E-state index contributed by atoms with van der Waals surface area (Å²) in [5.41, 5.74) is 5.87. The van der Waals surface area contributed by atoms with E-state index in [1.165, 1.54) is 0 Å². The summed E-state index contributed by atoms with van der Waals surface area (Å²) in [6.07, 6.45) is 0.986. The molecular formula is C30H36N2O4. The second-order valence-electron chi connectivity index (χ2n) is 8.75. The summed E-state index contributed by atoms with van der Waals surface area (Å²) in [6, 6.07) is 21.7. The number of carbonyl (C=O) groups is 2. The summed E-state index contributed by atoms with van der Waals surface area (Å²) in [5.74, 6) is 0.465. The Morgan fingerprint density at radius 1 is 0.917 bits per heavy atom. The minimum absolute atomic E-state index is 0.117. The fourth-order valence-electron chi connectivity index (χ4n) is 4.04. The first-order valence-electron chi connectivity index (χ1n) is 12.4. The van der Waals surface area contributed by atoms with Crippen LogP contribution in [0.5, 0.6) is 5.75 Å². The number of hydrogen-bond acceptors (Lipinski definition) is 4. The van der Waals surface area contributed by atoms with E-state index in [9.17, 15) is 9.59 Å². The van der Waals surface area contributed by atoms with Gasteiger partial charge in [-0.05, 0) is 54.7 Å². The van der Waals surface area contributed by atoms with Gasteiger partial charge in [0.2, 0.25) is 0 Å². The third-order valence-electron chi connectivity index (χ3n) is 5.95. The lowest BCUT2D eigenvalue weighted by Crippen LogP contribution is -2.39. The second-order valence-corrected chi connectivity index (χ2v) is 8.75. The highest BCUT2D eigenvalue weighted by atomic mass is 16.5. The van der Waals surface area contributed by atoms with Crippen molar-refractivity contribution in [3.05, 3.63) is 89.0 Å². The van der Waals surface area contributed by atoms with E-state index in [1.807, 2.05) is 75.4 Å². The first kappa shape index (κ1) is 26.8. The molecule has 0 bridgehead atoms. The van der Waals surface area contributed by atoms with Crippen molar-refractivity contribution in [1.82, 2.24) is 10.2 Å². The smallest absolute Gasteiger partial charge is 0.317 e. The Hall–Kier alpha value is -3.80. The van der Waals surface area contributed by atoms with Gasteiger partial charge in [0.05, 0.1) is 20.1 Å². The van der Waals surface area contributed by atoms with Gasteiger partial charge >= 0.3 is 12.0 Å². The largest absolute Gasteiger partial charge is 0.496 e. The zero-order valence-corrected chi connectivity index (χ0v) is 21.7. The van der Waals surface area contributed by atoms with Crippen molar-refractivity contribution in [1.29, 1.82) is 0 Å². The van der Waals surface area contributed by atoms with E-state index in [2.05, 4.69) is 17.4 Å². The molecule has 3 aromatic rings. The van der Waals surface area contributed by atoms with Crippen molar-refractivity contribution >= 4 is 12.0 Å². The molecule has 2 amide bonds. The summed E-state index contributed by atoms with van der Waals surface area (Å²) in [7, 11) is 1.64. The summed E-state index contributed by atoms with van der Waals surface area (Å²) in [5, 5.41) is 3.02. The lowest BCUT2D eigenvalue weighted by atomic mass is 9.94. The van der Waals surface area contributed by atoms with Crippen LogP contribution in [0, 0.1) is 6.92 Å². The van der Waals surface area contributed by atoms with Crippen LogP contribution in [0.4, 0.5) is 4.79 Å². The van der Waals surface area contributed by atoms with Crippen LogP contribution in [0.3, 0.4) is 0 Å². The predicted molar refractivity (Wildman–Crippen MR) is 143 cm³/mol. The molecule has 0 saturated carbocycles. The Morgan fingerprint density at radius 3 is 2.39 bits per heavy atom. The van der Waals surface area contributed by atoms with E-state index in [1.54, 1.807) is 12.0 Å². The van der Waals surface area contributed by atoms with Gasteiger partial charge in [-0.25, -0.2) is 4.79 Å². The maximum absolute atomic E-state index is 13.0. The van der Waals surface area contributed by atoms with Crippen molar-refractivity contribution in [3.8, 4) is 16.9 Å². The molecule has 1 N–H and O–H groups in total. The van der Waals surface area contributed by atoms with E-state index in [-0.39, 0.29) is 18.4 Å². The van der Waals surface area contributed by atoms with Crippen molar-refractivity contribution in [2.45, 2.75) is 46.7 Å². The van der Waals surface area contributed by atoms with Gasteiger partial charge in [-0.15, -0.1) is 0 Å². The number of aryl methyl sites for hydroxylation is 1. The number of amides is 2. The summed E-state index contributed by atoms with van der Waals surface area (Å²) in [6.45, 7) is 7.88. The van der Waals surface area contributed by atoms with Gasteiger partial charge in [-0.2, -0.15) is 0 Å². The van der Waals surface area contributed by atoms with Crippen molar-refractivity contribution in [2.24, 2.45) is 0 Å². The van der Waals surface area contributed by atoms with Crippen LogP contribution >= 0.6 is 0 Å². The van der Waals surface area contributed by atoms with Gasteiger partial charge in [0.15, 0.2) is 0 Å². The molecule has 0 aromatic heterocycles. The van der Waals surface area contributed by atoms with Gasteiger partial charge in [0, 0.05) is 25.2 Å². The highest BCUT2D eigenvalue weighted by Gasteiger charge is 2.18. The molecule has 0 atom stereocenters. The lowest BCUT2D eigenvalue weighted by molar-refractivity contribution is -0.142. The number of esters is 1. The number of nitrogens with one attached hydrogen (secondary N) is 1. The number of carbonyl (C=O) groups excluding carboxylic acids is 2. The Morgan fingerprint density at radius 2 is 1.69 bits per heavy atom. The SMILES string of the molecule is CCCOC(=O)Cc1ccc(OC)c(-c2ccc(C)cc2CN(CC)C(=O)NCc2ccccc2)c1. The standard InChI is InChI=1S/C30H36N2O4/c1-5-16-36-29(33)19-24-13-15-28(35-4)27(18-24)26-14-12-22(3)17-25(26)21-32(6-2)30(34)31-20-23-10-8-7-9-11-23/h7-15,17-18H,5-6,16,19-21H2,1-4H3,(H,31,34). The van der Waals surface area contributed by atoms with Gasteiger partial charge in [-0.1, -0.05) is 67.1 Å². The van der Waals surface area contributed by atoms with Gasteiger partial charge in [0.25, 0.3) is 0 Å². The highest BCUT2D eigenvalue weighted by molar-refractivity contribution is 5.79. The molecular weight excluding hydrogens is 452 g/mol. The monoisotopic (exact) mass is 488 g/mol. The van der Waals surface area contributed by atoms with Crippen LogP contribution in [0.15, 0.2) is 66.7 Å². The number of hydrogen-bond donors (Lipinski definition) is 1. The van der Waals surface area contributed by atoms with E-state index >= 15 is 0 Å². The molecule has 0 aliphatic heterocycles. The topological polar surface area (TPSA) is 67.9 Å². The van der Waals surface area contributed by atoms with Crippen molar-refractivity contribution < 1.29 is 19.1 Å². The number of methoxy groups -OCH3 is 1. The summed E-state index contributed by atoms with van der Waals surface area (Å²) < 4.78 is 10.9. The summed E-state index contributed by atoms with van der Waals surface area (Å²) in [4.78, 5) is 27.0. The molecule has 3 rings (SSSR count). The summed E-state index contributed by atoms with van der Waals surface area (Å²) >= 11 is 0. The van der Waals surface area contributed by atoms with Gasteiger partial charge in [-0.3, -0.25) is 4.79 Å². The van der Waals surface area contributed by atoms with Crippen LogP contribution < -0.4 is 10.1 Å². The van der Waals surface area contributed by atoms with Crippen molar-refractivity contribution in [2.75, 3.05) is 20.3 Å².